The average Bonchev–Trinajstić information content (AvgIpc) is 2.20. The summed E-state index contributed by atoms with van der Waals surface area (Å²) in [4.78, 5) is 2.35. The minimum atomic E-state index is 0.462. The molecular weight excluding hydrogens is 219 g/mol. The molecule has 0 aromatic rings. The van der Waals surface area contributed by atoms with E-state index in [4.69, 9.17) is 28.9 Å². The van der Waals surface area contributed by atoms with Crippen LogP contribution in [0.5, 0.6) is 0 Å². The lowest BCUT2D eigenvalue weighted by atomic mass is 9.96. The summed E-state index contributed by atoms with van der Waals surface area (Å²) >= 11 is 11.5. The molecule has 0 aliphatic carbocycles. The number of hydrogen-bond donors (Lipinski definition) is 1. The van der Waals surface area contributed by atoms with Gasteiger partial charge in [-0.1, -0.05) is 29.6 Å². The number of hydrogen-bond acceptors (Lipinski definition) is 2. The Bertz CT molecular complexity index is 206. The molecule has 0 aromatic carbocycles. The van der Waals surface area contributed by atoms with Gasteiger partial charge in [0.15, 0.2) is 0 Å². The number of likely N-dealkylation sites (tertiary alicyclic amines) is 1. The van der Waals surface area contributed by atoms with Crippen molar-refractivity contribution in [2.45, 2.75) is 38.3 Å². The highest BCUT2D eigenvalue weighted by Gasteiger charge is 2.26. The van der Waals surface area contributed by atoms with Gasteiger partial charge in [-0.05, 0) is 19.8 Å². The van der Waals surface area contributed by atoms with Gasteiger partial charge >= 0.3 is 0 Å². The van der Waals surface area contributed by atoms with Gasteiger partial charge in [-0.3, -0.25) is 4.90 Å². The summed E-state index contributed by atoms with van der Waals surface area (Å²) in [5.74, 6) is 0. The molecule has 0 spiro atoms. The molecule has 0 radical (unpaired) electrons. The molecule has 2 atom stereocenters. The first-order valence-electron chi connectivity index (χ1n) is 5.09. The number of rotatable bonds is 3. The lowest BCUT2D eigenvalue weighted by molar-refractivity contribution is 0.111. The molecule has 1 fully saturated rings. The van der Waals surface area contributed by atoms with Gasteiger partial charge in [-0.25, -0.2) is 0 Å². The predicted molar refractivity (Wildman–Crippen MR) is 62.7 cm³/mol. The van der Waals surface area contributed by atoms with E-state index in [2.05, 4.69) is 11.8 Å². The van der Waals surface area contributed by atoms with E-state index in [1.807, 2.05) is 0 Å². The van der Waals surface area contributed by atoms with Gasteiger partial charge in [0, 0.05) is 35.7 Å². The molecule has 0 saturated carbocycles. The molecule has 0 amide bonds. The highest BCUT2D eigenvalue weighted by Crippen LogP contribution is 2.24. The fourth-order valence-electron chi connectivity index (χ4n) is 2.09. The van der Waals surface area contributed by atoms with E-state index in [-0.39, 0.29) is 0 Å². The lowest BCUT2D eigenvalue weighted by Crippen LogP contribution is -2.49. The molecule has 0 aromatic heterocycles. The smallest absolute Gasteiger partial charge is 0.0434 e. The predicted octanol–water partition coefficient (Wildman–Crippen LogP) is 2.51. The average molecular weight is 237 g/mol. The van der Waals surface area contributed by atoms with Crippen LogP contribution in [-0.4, -0.2) is 30.1 Å². The summed E-state index contributed by atoms with van der Waals surface area (Å²) in [5.41, 5.74) is 7.18. The van der Waals surface area contributed by atoms with Crippen LogP contribution in [0.3, 0.4) is 0 Å². The number of piperidine rings is 1. The topological polar surface area (TPSA) is 29.3 Å². The van der Waals surface area contributed by atoms with Crippen molar-refractivity contribution in [2.75, 3.05) is 13.1 Å². The van der Waals surface area contributed by atoms with E-state index in [1.54, 1.807) is 0 Å². The maximum atomic E-state index is 5.93. The minimum absolute atomic E-state index is 0.462. The van der Waals surface area contributed by atoms with Gasteiger partial charge in [-0.2, -0.15) is 0 Å². The first kappa shape index (κ1) is 12.3. The fourth-order valence-corrected chi connectivity index (χ4v) is 2.29. The second-order valence-corrected chi connectivity index (χ2v) is 4.60. The third-order valence-corrected chi connectivity index (χ3v) is 3.52. The number of nitrogens with zero attached hydrogens (tertiary/aromatic N) is 1. The van der Waals surface area contributed by atoms with Crippen LogP contribution in [0.2, 0.25) is 0 Å². The molecule has 2 unspecified atom stereocenters. The third kappa shape index (κ3) is 3.13. The molecule has 1 rings (SSSR count). The van der Waals surface area contributed by atoms with Crippen molar-refractivity contribution < 1.29 is 0 Å². The van der Waals surface area contributed by atoms with E-state index in [0.29, 0.717) is 23.7 Å². The molecule has 1 aliphatic rings. The zero-order chi connectivity index (χ0) is 10.6. The van der Waals surface area contributed by atoms with Gasteiger partial charge in [0.1, 0.15) is 0 Å². The van der Waals surface area contributed by atoms with E-state index in [1.165, 1.54) is 24.8 Å². The molecule has 1 saturated heterocycles. The van der Waals surface area contributed by atoms with Crippen LogP contribution in [0.25, 0.3) is 0 Å². The van der Waals surface area contributed by atoms with Crippen molar-refractivity contribution in [1.82, 2.24) is 4.90 Å². The van der Waals surface area contributed by atoms with Gasteiger partial charge < -0.3 is 5.73 Å². The highest BCUT2D eigenvalue weighted by atomic mass is 35.5. The van der Waals surface area contributed by atoms with Crippen LogP contribution in [0.1, 0.15) is 26.2 Å². The van der Waals surface area contributed by atoms with E-state index in [0.717, 1.165) is 6.54 Å². The van der Waals surface area contributed by atoms with Crippen molar-refractivity contribution in [1.29, 1.82) is 0 Å². The Hall–Kier alpha value is 0.240. The summed E-state index contributed by atoms with van der Waals surface area (Å²) in [6.45, 7) is 3.66. The van der Waals surface area contributed by atoms with Crippen LogP contribution in [0.4, 0.5) is 0 Å². The van der Waals surface area contributed by atoms with Gasteiger partial charge in [0.05, 0.1) is 0 Å². The van der Waals surface area contributed by atoms with Crippen LogP contribution in [-0.2, 0) is 0 Å². The van der Waals surface area contributed by atoms with Crippen LogP contribution >= 0.6 is 23.2 Å². The molecule has 1 heterocycles. The summed E-state index contributed by atoms with van der Waals surface area (Å²) in [6, 6.07) is 1.02. The second kappa shape index (κ2) is 5.96. The molecule has 4 heteroatoms. The fraction of sp³-hybridized carbons (Fsp3) is 0.800. The normalized spacial score (nSPS) is 30.7. The summed E-state index contributed by atoms with van der Waals surface area (Å²) in [5, 5.41) is 0.693. The van der Waals surface area contributed by atoms with Gasteiger partial charge in [-0.15, -0.1) is 0 Å². The summed E-state index contributed by atoms with van der Waals surface area (Å²) in [6.07, 6.45) is 3.66. The maximum Gasteiger partial charge on any atom is 0.0434 e. The second-order valence-electron chi connectivity index (χ2n) is 3.90. The highest BCUT2D eigenvalue weighted by molar-refractivity contribution is 6.36. The van der Waals surface area contributed by atoms with Crippen molar-refractivity contribution >= 4 is 23.2 Å². The standard InChI is InChI=1S/C10H18Cl2N2/c1-8-3-2-4-10(6-13)14(8)7-9(12)5-11/h5,8,10H,2-4,6-7,13H2,1H3. The number of nitrogens with two attached hydrogens (primary N) is 1. The summed E-state index contributed by atoms with van der Waals surface area (Å²) in [7, 11) is 0. The maximum absolute atomic E-state index is 5.93. The summed E-state index contributed by atoms with van der Waals surface area (Å²) < 4.78 is 0. The monoisotopic (exact) mass is 236 g/mol. The zero-order valence-electron chi connectivity index (χ0n) is 8.55. The Morgan fingerprint density at radius 2 is 2.29 bits per heavy atom. The van der Waals surface area contributed by atoms with Crippen LogP contribution in [0, 0.1) is 0 Å². The van der Waals surface area contributed by atoms with Gasteiger partial charge in [0.2, 0.25) is 0 Å². The number of halogens is 2. The van der Waals surface area contributed by atoms with Gasteiger partial charge in [0.25, 0.3) is 0 Å². The molecule has 2 N–H and O–H groups in total. The van der Waals surface area contributed by atoms with E-state index < -0.39 is 0 Å². The first-order valence-corrected chi connectivity index (χ1v) is 5.91. The molecule has 82 valence electrons. The molecule has 1 aliphatic heterocycles. The Kier molecular flexibility index (Phi) is 5.24. The van der Waals surface area contributed by atoms with Crippen LogP contribution in [0.15, 0.2) is 10.6 Å². The minimum Gasteiger partial charge on any atom is -0.329 e. The zero-order valence-corrected chi connectivity index (χ0v) is 10.1. The SMILES string of the molecule is CC1CCCC(CN)N1CC(Cl)=CCl. The lowest BCUT2D eigenvalue weighted by Gasteiger charge is -2.40. The molecular formula is C10H18Cl2N2. The van der Waals surface area contributed by atoms with Crippen molar-refractivity contribution in [3.05, 3.63) is 10.6 Å². The Labute approximate surface area is 96.0 Å². The van der Waals surface area contributed by atoms with Crippen molar-refractivity contribution in [2.24, 2.45) is 5.73 Å². The van der Waals surface area contributed by atoms with E-state index >= 15 is 0 Å². The van der Waals surface area contributed by atoms with E-state index in [9.17, 15) is 0 Å². The Balaban J connectivity index is 2.59. The van der Waals surface area contributed by atoms with Crippen LogP contribution < -0.4 is 5.73 Å². The molecule has 14 heavy (non-hydrogen) atoms. The third-order valence-electron chi connectivity index (χ3n) is 2.92. The largest absolute Gasteiger partial charge is 0.329 e. The quantitative estimate of drug-likeness (QED) is 0.817. The molecule has 0 bridgehead atoms. The Morgan fingerprint density at radius 3 is 2.86 bits per heavy atom. The first-order chi connectivity index (χ1) is 6.69. The Morgan fingerprint density at radius 1 is 1.57 bits per heavy atom. The van der Waals surface area contributed by atoms with Crippen molar-refractivity contribution in [3.8, 4) is 0 Å². The van der Waals surface area contributed by atoms with Crippen molar-refractivity contribution in [3.63, 3.8) is 0 Å². The molecule has 2 nitrogen and oxygen atoms in total.